The van der Waals surface area contributed by atoms with Crippen LogP contribution in [0, 0.1) is 5.92 Å². The van der Waals surface area contributed by atoms with E-state index in [-0.39, 0.29) is 0 Å². The van der Waals surface area contributed by atoms with Gasteiger partial charge in [-0.2, -0.15) is 0 Å². The highest BCUT2D eigenvalue weighted by Gasteiger charge is 2.39. The Kier molecular flexibility index (Phi) is 1.42. The third-order valence-corrected chi connectivity index (χ3v) is 2.83. The molecule has 2 rings (SSSR count). The van der Waals surface area contributed by atoms with Crippen LogP contribution in [0.4, 0.5) is 0 Å². The maximum atomic E-state index is 5.72. The topological polar surface area (TPSA) is 9.23 Å². The number of ether oxygens (including phenoxy) is 1. The van der Waals surface area contributed by atoms with Crippen molar-refractivity contribution in [3.63, 3.8) is 0 Å². The molecule has 2 aliphatic rings. The Balaban J connectivity index is 2.01. The Hall–Kier alpha value is 0.250. The Bertz CT molecular complexity index is 115. The van der Waals surface area contributed by atoms with Crippen LogP contribution in [0.5, 0.6) is 0 Å². The van der Waals surface area contributed by atoms with E-state index in [1.54, 1.807) is 0 Å². The minimum absolute atomic E-state index is 0.521. The summed E-state index contributed by atoms with van der Waals surface area (Å²) in [5.41, 5.74) is 0. The van der Waals surface area contributed by atoms with Gasteiger partial charge in [0.2, 0.25) is 0 Å². The number of hydrogen-bond acceptors (Lipinski definition) is 1. The molecule has 0 aliphatic carbocycles. The van der Waals surface area contributed by atoms with Crippen molar-refractivity contribution in [2.45, 2.75) is 31.5 Å². The summed E-state index contributed by atoms with van der Waals surface area (Å²) < 4.78 is 5.59. The third-order valence-electron chi connectivity index (χ3n) is 2.43. The van der Waals surface area contributed by atoms with Gasteiger partial charge in [0.05, 0.1) is 12.2 Å². The Morgan fingerprint density at radius 2 is 2.33 bits per heavy atom. The lowest BCUT2D eigenvalue weighted by molar-refractivity contribution is 0.0953. The fourth-order valence-electron chi connectivity index (χ4n) is 1.91. The van der Waals surface area contributed by atoms with Crippen LogP contribution >= 0.6 is 11.6 Å². The first-order chi connectivity index (χ1) is 4.40. The molecule has 0 saturated carbocycles. The Labute approximate surface area is 60.3 Å². The van der Waals surface area contributed by atoms with Crippen molar-refractivity contribution in [1.29, 1.82) is 0 Å². The summed E-state index contributed by atoms with van der Waals surface area (Å²) in [5.74, 6) is 1.46. The van der Waals surface area contributed by atoms with Gasteiger partial charge in [0.1, 0.15) is 0 Å². The van der Waals surface area contributed by atoms with Crippen LogP contribution in [0.15, 0.2) is 0 Å². The molecule has 0 aromatic heterocycles. The molecule has 3 unspecified atom stereocenters. The molecule has 2 heterocycles. The zero-order chi connectivity index (χ0) is 6.27. The fraction of sp³-hybridized carbons (Fsp3) is 1.00. The first kappa shape index (κ1) is 5.99. The van der Waals surface area contributed by atoms with Crippen molar-refractivity contribution in [3.8, 4) is 0 Å². The zero-order valence-corrected chi connectivity index (χ0v) is 6.10. The number of hydrogen-bond donors (Lipinski definition) is 0. The van der Waals surface area contributed by atoms with Crippen molar-refractivity contribution < 1.29 is 4.74 Å². The van der Waals surface area contributed by atoms with Crippen LogP contribution in [0.1, 0.15) is 19.3 Å². The lowest BCUT2D eigenvalue weighted by atomic mass is 9.91. The minimum atomic E-state index is 0.521. The molecule has 2 bridgehead atoms. The van der Waals surface area contributed by atoms with E-state index in [0.717, 1.165) is 5.88 Å². The van der Waals surface area contributed by atoms with Gasteiger partial charge in [0, 0.05) is 11.8 Å². The molecule has 0 aromatic carbocycles. The minimum Gasteiger partial charge on any atom is -0.375 e. The van der Waals surface area contributed by atoms with Crippen molar-refractivity contribution in [1.82, 2.24) is 0 Å². The van der Waals surface area contributed by atoms with Gasteiger partial charge in [-0.25, -0.2) is 0 Å². The predicted octanol–water partition coefficient (Wildman–Crippen LogP) is 1.79. The van der Waals surface area contributed by atoms with E-state index >= 15 is 0 Å². The molecule has 52 valence electrons. The van der Waals surface area contributed by atoms with Gasteiger partial charge in [-0.3, -0.25) is 0 Å². The molecule has 3 atom stereocenters. The monoisotopic (exact) mass is 146 g/mol. The van der Waals surface area contributed by atoms with Crippen molar-refractivity contribution in [2.75, 3.05) is 5.88 Å². The summed E-state index contributed by atoms with van der Waals surface area (Å²) in [6, 6.07) is 0. The highest BCUT2D eigenvalue weighted by atomic mass is 35.5. The van der Waals surface area contributed by atoms with Gasteiger partial charge in [-0.05, 0) is 19.3 Å². The molecule has 0 radical (unpaired) electrons. The molecule has 2 aliphatic heterocycles. The molecular formula is C7H11ClO. The summed E-state index contributed by atoms with van der Waals surface area (Å²) in [7, 11) is 0. The highest BCUT2D eigenvalue weighted by Crippen LogP contribution is 2.38. The smallest absolute Gasteiger partial charge is 0.0620 e. The average Bonchev–Trinajstić information content (AvgIpc) is 2.45. The predicted molar refractivity (Wildman–Crippen MR) is 36.7 cm³/mol. The highest BCUT2D eigenvalue weighted by molar-refractivity contribution is 6.18. The molecule has 2 heteroatoms. The quantitative estimate of drug-likeness (QED) is 0.513. The zero-order valence-electron chi connectivity index (χ0n) is 5.35. The maximum absolute atomic E-state index is 5.72. The van der Waals surface area contributed by atoms with Gasteiger partial charge in [0.15, 0.2) is 0 Å². The fourth-order valence-corrected chi connectivity index (χ4v) is 2.23. The molecule has 0 aromatic rings. The van der Waals surface area contributed by atoms with Crippen molar-refractivity contribution in [3.05, 3.63) is 0 Å². The van der Waals surface area contributed by atoms with Crippen LogP contribution < -0.4 is 0 Å². The summed E-state index contributed by atoms with van der Waals surface area (Å²) in [6.07, 6.45) is 4.83. The summed E-state index contributed by atoms with van der Waals surface area (Å²) in [6.45, 7) is 0. The molecule has 9 heavy (non-hydrogen) atoms. The summed E-state index contributed by atoms with van der Waals surface area (Å²) >= 11 is 5.72. The van der Waals surface area contributed by atoms with E-state index in [2.05, 4.69) is 0 Å². The maximum Gasteiger partial charge on any atom is 0.0620 e. The van der Waals surface area contributed by atoms with E-state index in [1.165, 1.54) is 19.3 Å². The first-order valence-electron chi connectivity index (χ1n) is 3.61. The number of halogens is 1. The van der Waals surface area contributed by atoms with E-state index in [4.69, 9.17) is 16.3 Å². The van der Waals surface area contributed by atoms with E-state index in [1.807, 2.05) is 0 Å². The average molecular weight is 147 g/mol. The lowest BCUT2D eigenvalue weighted by Gasteiger charge is -2.14. The van der Waals surface area contributed by atoms with Crippen LogP contribution in [-0.2, 0) is 4.74 Å². The van der Waals surface area contributed by atoms with E-state index < -0.39 is 0 Å². The number of rotatable bonds is 1. The molecule has 0 spiro atoms. The summed E-state index contributed by atoms with van der Waals surface area (Å²) in [5, 5.41) is 0. The Morgan fingerprint density at radius 1 is 1.44 bits per heavy atom. The van der Waals surface area contributed by atoms with Crippen molar-refractivity contribution >= 4 is 11.6 Å². The molecular weight excluding hydrogens is 136 g/mol. The third kappa shape index (κ3) is 0.870. The second-order valence-corrected chi connectivity index (χ2v) is 3.33. The van der Waals surface area contributed by atoms with Crippen LogP contribution in [0.2, 0.25) is 0 Å². The second kappa shape index (κ2) is 2.14. The van der Waals surface area contributed by atoms with Gasteiger partial charge in [-0.15, -0.1) is 11.6 Å². The number of fused-ring (bicyclic) bond motifs is 2. The number of alkyl halides is 1. The van der Waals surface area contributed by atoms with E-state index in [9.17, 15) is 0 Å². The van der Waals surface area contributed by atoms with Gasteiger partial charge < -0.3 is 4.74 Å². The SMILES string of the molecule is ClCC1CC2CCC1O2. The van der Waals surface area contributed by atoms with Gasteiger partial charge in [0.25, 0.3) is 0 Å². The molecule has 2 saturated heterocycles. The molecule has 0 amide bonds. The van der Waals surface area contributed by atoms with Crippen molar-refractivity contribution in [2.24, 2.45) is 5.92 Å². The van der Waals surface area contributed by atoms with Crippen LogP contribution in [-0.4, -0.2) is 18.1 Å². The molecule has 0 N–H and O–H groups in total. The largest absolute Gasteiger partial charge is 0.375 e. The molecule has 1 nitrogen and oxygen atoms in total. The van der Waals surface area contributed by atoms with Crippen LogP contribution in [0.25, 0.3) is 0 Å². The lowest BCUT2D eigenvalue weighted by Crippen LogP contribution is -2.17. The Morgan fingerprint density at radius 3 is 2.67 bits per heavy atom. The normalized spacial score (nSPS) is 48.3. The first-order valence-corrected chi connectivity index (χ1v) is 4.15. The second-order valence-electron chi connectivity index (χ2n) is 3.02. The standard InChI is InChI=1S/C7H11ClO/c8-4-5-3-6-1-2-7(5)9-6/h5-7H,1-4H2. The van der Waals surface area contributed by atoms with Gasteiger partial charge in [-0.1, -0.05) is 0 Å². The van der Waals surface area contributed by atoms with Crippen LogP contribution in [0.3, 0.4) is 0 Å². The summed E-state index contributed by atoms with van der Waals surface area (Å²) in [4.78, 5) is 0. The van der Waals surface area contributed by atoms with E-state index in [0.29, 0.717) is 18.1 Å². The van der Waals surface area contributed by atoms with Gasteiger partial charge >= 0.3 is 0 Å². The molecule has 2 fully saturated rings.